The van der Waals surface area contributed by atoms with Crippen molar-refractivity contribution in [3.63, 3.8) is 0 Å². The molecule has 6 heteroatoms. The summed E-state index contributed by atoms with van der Waals surface area (Å²) in [5, 5.41) is 0. The van der Waals surface area contributed by atoms with Gasteiger partial charge in [0.2, 0.25) is 5.89 Å². The van der Waals surface area contributed by atoms with Gasteiger partial charge in [0.25, 0.3) is 0 Å². The summed E-state index contributed by atoms with van der Waals surface area (Å²) in [6.07, 6.45) is 7.98. The predicted octanol–water partition coefficient (Wildman–Crippen LogP) is 3.41. The van der Waals surface area contributed by atoms with Crippen molar-refractivity contribution >= 4 is 5.82 Å². The first-order valence-corrected chi connectivity index (χ1v) is 8.43. The smallest absolute Gasteiger partial charge is 0.217 e. The van der Waals surface area contributed by atoms with Gasteiger partial charge in [-0.3, -0.25) is 0 Å². The van der Waals surface area contributed by atoms with E-state index in [9.17, 15) is 0 Å². The zero-order chi connectivity index (χ0) is 17.1. The van der Waals surface area contributed by atoms with Gasteiger partial charge in [0.1, 0.15) is 29.7 Å². The minimum absolute atomic E-state index is 0.133. The molecular formula is C19H20N4O2. The molecule has 25 heavy (non-hydrogen) atoms. The summed E-state index contributed by atoms with van der Waals surface area (Å²) in [5.74, 6) is 3.39. The van der Waals surface area contributed by atoms with Gasteiger partial charge in [-0.05, 0) is 36.6 Å². The minimum atomic E-state index is 0.133. The van der Waals surface area contributed by atoms with Crippen molar-refractivity contribution in [3.05, 3.63) is 66.3 Å². The Morgan fingerprint density at radius 2 is 2.24 bits per heavy atom. The van der Waals surface area contributed by atoms with Crippen LogP contribution >= 0.6 is 0 Å². The van der Waals surface area contributed by atoms with Crippen LogP contribution in [0.25, 0.3) is 0 Å². The van der Waals surface area contributed by atoms with E-state index in [-0.39, 0.29) is 6.04 Å². The summed E-state index contributed by atoms with van der Waals surface area (Å²) in [6.45, 7) is 0.954. The molecular weight excluding hydrogens is 316 g/mol. The molecule has 3 aromatic rings. The second kappa shape index (κ2) is 6.93. The number of hydrogen-bond acceptors (Lipinski definition) is 6. The molecule has 0 N–H and O–H groups in total. The fraction of sp³-hybridized carbons (Fsp3) is 0.316. The van der Waals surface area contributed by atoms with Gasteiger partial charge in [0.15, 0.2) is 0 Å². The molecule has 1 fully saturated rings. The Balaban J connectivity index is 1.52. The van der Waals surface area contributed by atoms with Crippen LogP contribution in [0.3, 0.4) is 0 Å². The molecule has 128 valence electrons. The van der Waals surface area contributed by atoms with E-state index in [1.54, 1.807) is 19.6 Å². The molecule has 1 aliphatic heterocycles. The maximum absolute atomic E-state index is 6.06. The predicted molar refractivity (Wildman–Crippen MR) is 93.7 cm³/mol. The van der Waals surface area contributed by atoms with E-state index in [4.69, 9.17) is 9.15 Å². The molecule has 0 amide bonds. The lowest BCUT2D eigenvalue weighted by atomic mass is 10.1. The molecule has 0 aliphatic carbocycles. The number of benzene rings is 1. The number of hydrogen-bond donors (Lipinski definition) is 0. The van der Waals surface area contributed by atoms with Gasteiger partial charge in [-0.1, -0.05) is 12.1 Å². The van der Waals surface area contributed by atoms with Crippen molar-refractivity contribution < 1.29 is 9.15 Å². The highest BCUT2D eigenvalue weighted by Crippen LogP contribution is 2.34. The molecule has 1 saturated heterocycles. The van der Waals surface area contributed by atoms with E-state index >= 15 is 0 Å². The van der Waals surface area contributed by atoms with E-state index in [1.807, 2.05) is 30.5 Å². The average Bonchev–Trinajstić information content (AvgIpc) is 3.32. The Labute approximate surface area is 146 Å². The van der Waals surface area contributed by atoms with Crippen LogP contribution < -0.4 is 9.64 Å². The number of nitrogens with zero attached hydrogens (tertiary/aromatic N) is 4. The minimum Gasteiger partial charge on any atom is -0.497 e. The van der Waals surface area contributed by atoms with Crippen molar-refractivity contribution in [1.29, 1.82) is 0 Å². The number of ether oxygens (including phenoxy) is 1. The highest BCUT2D eigenvalue weighted by Gasteiger charge is 2.30. The number of anilines is 1. The quantitative estimate of drug-likeness (QED) is 0.711. The zero-order valence-corrected chi connectivity index (χ0v) is 14.1. The third kappa shape index (κ3) is 3.33. The van der Waals surface area contributed by atoms with Gasteiger partial charge in [0, 0.05) is 19.2 Å². The van der Waals surface area contributed by atoms with Crippen LogP contribution in [0, 0.1) is 0 Å². The van der Waals surface area contributed by atoms with E-state index < -0.39 is 0 Å². The average molecular weight is 336 g/mol. The summed E-state index contributed by atoms with van der Waals surface area (Å²) in [7, 11) is 1.67. The highest BCUT2D eigenvalue weighted by atomic mass is 16.5. The Morgan fingerprint density at radius 1 is 1.28 bits per heavy atom. The number of methoxy groups -OCH3 is 1. The lowest BCUT2D eigenvalue weighted by Crippen LogP contribution is -2.23. The standard InChI is InChI=1S/C19H20N4O2/c1-24-15-5-2-4-14(10-15)11-16-12-21-19(25-16)17-6-3-9-23(17)18-7-8-20-13-22-18/h2,4-5,7-8,10,12-13,17H,3,6,9,11H2,1H3/t17-/m0/s1. The molecule has 1 atom stereocenters. The Hall–Kier alpha value is -2.89. The molecule has 0 spiro atoms. The number of oxazole rings is 1. The molecule has 1 aromatic carbocycles. The Bertz CT molecular complexity index is 834. The highest BCUT2D eigenvalue weighted by molar-refractivity contribution is 5.40. The van der Waals surface area contributed by atoms with Crippen LogP contribution in [-0.2, 0) is 6.42 Å². The van der Waals surface area contributed by atoms with E-state index in [0.717, 1.165) is 48.2 Å². The van der Waals surface area contributed by atoms with Gasteiger partial charge in [0.05, 0.1) is 13.3 Å². The van der Waals surface area contributed by atoms with Gasteiger partial charge >= 0.3 is 0 Å². The van der Waals surface area contributed by atoms with Crippen LogP contribution in [0.4, 0.5) is 5.82 Å². The van der Waals surface area contributed by atoms with Crippen LogP contribution in [0.1, 0.15) is 36.1 Å². The Kier molecular flexibility index (Phi) is 4.33. The summed E-state index contributed by atoms with van der Waals surface area (Å²) in [5.41, 5.74) is 1.14. The van der Waals surface area contributed by atoms with E-state index in [2.05, 4.69) is 25.9 Å². The molecule has 6 nitrogen and oxygen atoms in total. The first kappa shape index (κ1) is 15.6. The molecule has 0 saturated carbocycles. The van der Waals surface area contributed by atoms with Crippen LogP contribution in [-0.4, -0.2) is 28.6 Å². The fourth-order valence-corrected chi connectivity index (χ4v) is 3.29. The van der Waals surface area contributed by atoms with E-state index in [1.165, 1.54) is 0 Å². The van der Waals surface area contributed by atoms with Gasteiger partial charge in [-0.25, -0.2) is 15.0 Å². The monoisotopic (exact) mass is 336 g/mol. The third-order valence-electron chi connectivity index (χ3n) is 4.48. The molecule has 0 radical (unpaired) electrons. The zero-order valence-electron chi connectivity index (χ0n) is 14.1. The van der Waals surface area contributed by atoms with Crippen LogP contribution in [0.15, 0.2) is 53.5 Å². The number of aromatic nitrogens is 3. The van der Waals surface area contributed by atoms with Gasteiger partial charge in [-0.15, -0.1) is 0 Å². The lowest BCUT2D eigenvalue weighted by Gasteiger charge is -2.22. The van der Waals surface area contributed by atoms with Crippen molar-refractivity contribution in [2.24, 2.45) is 0 Å². The van der Waals surface area contributed by atoms with Gasteiger partial charge < -0.3 is 14.1 Å². The molecule has 1 aliphatic rings. The van der Waals surface area contributed by atoms with Crippen LogP contribution in [0.5, 0.6) is 5.75 Å². The second-order valence-electron chi connectivity index (χ2n) is 6.11. The van der Waals surface area contributed by atoms with Crippen molar-refractivity contribution in [2.75, 3.05) is 18.6 Å². The summed E-state index contributed by atoms with van der Waals surface area (Å²) in [6, 6.07) is 10.1. The normalized spacial score (nSPS) is 17.0. The topological polar surface area (TPSA) is 64.3 Å². The summed E-state index contributed by atoms with van der Waals surface area (Å²) >= 11 is 0. The first-order valence-electron chi connectivity index (χ1n) is 8.43. The third-order valence-corrected chi connectivity index (χ3v) is 4.48. The molecule has 0 unspecified atom stereocenters. The van der Waals surface area contributed by atoms with Gasteiger partial charge in [-0.2, -0.15) is 0 Å². The van der Waals surface area contributed by atoms with Crippen LogP contribution in [0.2, 0.25) is 0 Å². The Morgan fingerprint density at radius 3 is 3.08 bits per heavy atom. The van der Waals surface area contributed by atoms with Crippen molar-refractivity contribution in [1.82, 2.24) is 15.0 Å². The molecule has 0 bridgehead atoms. The molecule has 4 rings (SSSR count). The largest absolute Gasteiger partial charge is 0.497 e. The van der Waals surface area contributed by atoms with Crippen molar-refractivity contribution in [3.8, 4) is 5.75 Å². The summed E-state index contributed by atoms with van der Waals surface area (Å²) in [4.78, 5) is 15.1. The maximum Gasteiger partial charge on any atom is 0.217 e. The SMILES string of the molecule is COc1cccc(Cc2cnc([C@@H]3CCCN3c3ccncn3)o2)c1. The second-order valence-corrected chi connectivity index (χ2v) is 6.11. The molecule has 2 aromatic heterocycles. The molecule has 3 heterocycles. The summed E-state index contributed by atoms with van der Waals surface area (Å²) < 4.78 is 11.3. The fourth-order valence-electron chi connectivity index (χ4n) is 3.29. The van der Waals surface area contributed by atoms with E-state index in [0.29, 0.717) is 6.42 Å². The van der Waals surface area contributed by atoms with Crippen molar-refractivity contribution in [2.45, 2.75) is 25.3 Å². The number of rotatable bonds is 5. The first-order chi connectivity index (χ1) is 12.3. The maximum atomic E-state index is 6.06. The lowest BCUT2D eigenvalue weighted by molar-refractivity contribution is 0.413.